The fraction of sp³-hybridized carbons (Fsp3) is 0.500. The lowest BCUT2D eigenvalue weighted by atomic mass is 10.1. The molecular weight excluding hydrogens is 282 g/mol. The second kappa shape index (κ2) is 8.71. The van der Waals surface area contributed by atoms with E-state index in [4.69, 9.17) is 5.26 Å². The van der Waals surface area contributed by atoms with Gasteiger partial charge in [0.25, 0.3) is 0 Å². The largest absolute Gasteiger partial charge is 0.354 e. The molecule has 0 spiro atoms. The van der Waals surface area contributed by atoms with Crippen LogP contribution in [-0.2, 0) is 11.3 Å². The molecule has 0 aliphatic carbocycles. The Bertz CT molecular complexity index is 486. The third-order valence-corrected chi connectivity index (χ3v) is 3.69. The van der Waals surface area contributed by atoms with E-state index in [2.05, 4.69) is 43.5 Å². The van der Waals surface area contributed by atoms with Crippen molar-refractivity contribution in [2.75, 3.05) is 12.3 Å². The van der Waals surface area contributed by atoms with E-state index in [-0.39, 0.29) is 11.4 Å². The average Bonchev–Trinajstić information content (AvgIpc) is 2.43. The summed E-state index contributed by atoms with van der Waals surface area (Å²) in [7, 11) is 0. The van der Waals surface area contributed by atoms with Crippen molar-refractivity contribution >= 4 is 17.7 Å². The Kier molecular flexibility index (Phi) is 7.27. The zero-order valence-electron chi connectivity index (χ0n) is 12.9. The first-order valence-corrected chi connectivity index (χ1v) is 8.00. The fourth-order valence-corrected chi connectivity index (χ4v) is 2.26. The van der Waals surface area contributed by atoms with Gasteiger partial charge in [-0.25, -0.2) is 0 Å². The molecule has 4 nitrogen and oxygen atoms in total. The average molecular weight is 305 g/mol. The van der Waals surface area contributed by atoms with E-state index in [1.807, 2.05) is 18.2 Å². The molecule has 0 aromatic heterocycles. The lowest BCUT2D eigenvalue weighted by molar-refractivity contribution is -0.118. The van der Waals surface area contributed by atoms with Gasteiger partial charge in [-0.3, -0.25) is 4.79 Å². The Hall–Kier alpha value is -1.51. The zero-order valence-corrected chi connectivity index (χ0v) is 13.7. The molecule has 114 valence electrons. The predicted octanol–water partition coefficient (Wildman–Crippen LogP) is 2.70. The highest BCUT2D eigenvalue weighted by molar-refractivity contribution is 8.00. The molecule has 0 aliphatic rings. The van der Waals surface area contributed by atoms with Crippen LogP contribution in [0, 0.1) is 11.3 Å². The minimum Gasteiger partial charge on any atom is -0.354 e. The molecule has 0 fully saturated rings. The second-order valence-electron chi connectivity index (χ2n) is 5.79. The van der Waals surface area contributed by atoms with Crippen LogP contribution < -0.4 is 10.6 Å². The minimum atomic E-state index is -0.0336. The number of rotatable bonds is 7. The number of carbonyl (C=O) groups excluding carboxylic acids is 1. The van der Waals surface area contributed by atoms with E-state index in [1.54, 1.807) is 0 Å². The number of hydrogen-bond acceptors (Lipinski definition) is 4. The van der Waals surface area contributed by atoms with Gasteiger partial charge in [0.2, 0.25) is 5.91 Å². The van der Waals surface area contributed by atoms with Crippen LogP contribution in [0.1, 0.15) is 32.8 Å². The van der Waals surface area contributed by atoms with Crippen molar-refractivity contribution in [1.29, 1.82) is 5.26 Å². The molecule has 1 amide bonds. The van der Waals surface area contributed by atoms with E-state index in [9.17, 15) is 4.79 Å². The maximum absolute atomic E-state index is 11.5. The van der Waals surface area contributed by atoms with Gasteiger partial charge in [0.05, 0.1) is 18.2 Å². The van der Waals surface area contributed by atoms with Gasteiger partial charge in [-0.1, -0.05) is 12.1 Å². The summed E-state index contributed by atoms with van der Waals surface area (Å²) in [6.45, 7) is 7.68. The van der Waals surface area contributed by atoms with Gasteiger partial charge in [-0.15, -0.1) is 11.8 Å². The maximum Gasteiger partial charge on any atom is 0.230 e. The lowest BCUT2D eigenvalue weighted by Crippen LogP contribution is -2.35. The summed E-state index contributed by atoms with van der Waals surface area (Å²) < 4.78 is 0. The standard InChI is InChI=1S/C16H23N3OS/c1-16(2,3)19-11-13-5-7-14(8-6-13)21-12-15(20)18-10-4-9-17/h5-8,19H,4,10-12H2,1-3H3,(H,18,20). The van der Waals surface area contributed by atoms with Crippen molar-refractivity contribution in [1.82, 2.24) is 10.6 Å². The molecule has 1 aromatic carbocycles. The van der Waals surface area contributed by atoms with Crippen molar-refractivity contribution in [3.8, 4) is 6.07 Å². The maximum atomic E-state index is 11.5. The highest BCUT2D eigenvalue weighted by atomic mass is 32.2. The second-order valence-corrected chi connectivity index (χ2v) is 6.84. The van der Waals surface area contributed by atoms with E-state index < -0.39 is 0 Å². The highest BCUT2D eigenvalue weighted by Crippen LogP contribution is 2.18. The Morgan fingerprint density at radius 1 is 1.29 bits per heavy atom. The molecule has 0 saturated heterocycles. The Labute approximate surface area is 131 Å². The molecule has 0 radical (unpaired) electrons. The van der Waals surface area contributed by atoms with Crippen molar-refractivity contribution in [3.05, 3.63) is 29.8 Å². The van der Waals surface area contributed by atoms with Crippen LogP contribution >= 0.6 is 11.8 Å². The van der Waals surface area contributed by atoms with Gasteiger partial charge in [0.15, 0.2) is 0 Å². The van der Waals surface area contributed by atoms with Crippen LogP contribution in [0.5, 0.6) is 0 Å². The summed E-state index contributed by atoms with van der Waals surface area (Å²) in [4.78, 5) is 12.6. The molecule has 1 rings (SSSR count). The predicted molar refractivity (Wildman–Crippen MR) is 87.0 cm³/mol. The summed E-state index contributed by atoms with van der Waals surface area (Å²) in [5, 5.41) is 14.5. The van der Waals surface area contributed by atoms with Crippen molar-refractivity contribution in [2.24, 2.45) is 0 Å². The third-order valence-electron chi connectivity index (χ3n) is 2.68. The summed E-state index contributed by atoms with van der Waals surface area (Å²) >= 11 is 1.50. The van der Waals surface area contributed by atoms with Crippen LogP contribution in [0.3, 0.4) is 0 Å². The molecule has 21 heavy (non-hydrogen) atoms. The van der Waals surface area contributed by atoms with Gasteiger partial charge in [0, 0.05) is 23.5 Å². The Morgan fingerprint density at radius 3 is 2.52 bits per heavy atom. The van der Waals surface area contributed by atoms with Gasteiger partial charge in [-0.2, -0.15) is 5.26 Å². The van der Waals surface area contributed by atoms with Crippen LogP contribution in [0.2, 0.25) is 0 Å². The number of nitrogens with one attached hydrogen (secondary N) is 2. The van der Waals surface area contributed by atoms with Gasteiger partial charge in [-0.05, 0) is 38.5 Å². The molecule has 0 bridgehead atoms. The molecule has 0 aliphatic heterocycles. The smallest absolute Gasteiger partial charge is 0.230 e. The number of nitriles is 1. The monoisotopic (exact) mass is 305 g/mol. The first-order valence-electron chi connectivity index (χ1n) is 7.01. The van der Waals surface area contributed by atoms with Crippen LogP contribution in [-0.4, -0.2) is 23.7 Å². The van der Waals surface area contributed by atoms with E-state index >= 15 is 0 Å². The third kappa shape index (κ3) is 8.38. The molecule has 0 heterocycles. The first-order chi connectivity index (χ1) is 9.90. The Balaban J connectivity index is 2.34. The number of benzene rings is 1. The van der Waals surface area contributed by atoms with Crippen LogP contribution in [0.15, 0.2) is 29.2 Å². The first kappa shape index (κ1) is 17.5. The SMILES string of the molecule is CC(C)(C)NCc1ccc(SCC(=O)NCCC#N)cc1. The molecule has 2 N–H and O–H groups in total. The molecule has 0 atom stereocenters. The number of thioether (sulfide) groups is 1. The molecule has 5 heteroatoms. The summed E-state index contributed by atoms with van der Waals surface area (Å²) in [5.74, 6) is 0.346. The fourth-order valence-electron chi connectivity index (χ4n) is 1.53. The zero-order chi connectivity index (χ0) is 15.7. The summed E-state index contributed by atoms with van der Waals surface area (Å²) in [6, 6.07) is 10.2. The lowest BCUT2D eigenvalue weighted by Gasteiger charge is -2.20. The molecule has 0 unspecified atom stereocenters. The topological polar surface area (TPSA) is 64.9 Å². The number of amides is 1. The summed E-state index contributed by atoms with van der Waals surface area (Å²) in [6.07, 6.45) is 0.353. The molecule has 0 saturated carbocycles. The van der Waals surface area contributed by atoms with Crippen LogP contribution in [0.25, 0.3) is 0 Å². The van der Waals surface area contributed by atoms with Gasteiger partial charge in [0.1, 0.15) is 0 Å². The highest BCUT2D eigenvalue weighted by Gasteiger charge is 2.08. The quantitative estimate of drug-likeness (QED) is 0.600. The van der Waals surface area contributed by atoms with E-state index in [0.717, 1.165) is 11.4 Å². The van der Waals surface area contributed by atoms with Crippen molar-refractivity contribution in [2.45, 2.75) is 44.2 Å². The van der Waals surface area contributed by atoms with E-state index in [0.29, 0.717) is 18.7 Å². The van der Waals surface area contributed by atoms with Crippen molar-refractivity contribution in [3.63, 3.8) is 0 Å². The van der Waals surface area contributed by atoms with Gasteiger partial charge < -0.3 is 10.6 Å². The minimum absolute atomic E-state index is 0.0336. The number of nitrogens with zero attached hydrogens (tertiary/aromatic N) is 1. The Morgan fingerprint density at radius 2 is 1.95 bits per heavy atom. The number of hydrogen-bond donors (Lipinski definition) is 2. The van der Waals surface area contributed by atoms with Crippen LogP contribution in [0.4, 0.5) is 0 Å². The number of carbonyl (C=O) groups is 1. The molecular formula is C16H23N3OS. The van der Waals surface area contributed by atoms with E-state index in [1.165, 1.54) is 17.3 Å². The summed E-state index contributed by atoms with van der Waals surface area (Å²) in [5.41, 5.74) is 1.34. The normalized spacial score (nSPS) is 11.0. The molecule has 1 aromatic rings. The van der Waals surface area contributed by atoms with Gasteiger partial charge >= 0.3 is 0 Å². The van der Waals surface area contributed by atoms with Crippen molar-refractivity contribution < 1.29 is 4.79 Å².